The van der Waals surface area contributed by atoms with Crippen LogP contribution in [0.1, 0.15) is 27.8 Å². The molecule has 14 heteroatoms. The number of nitrogens with zero attached hydrogens (tertiary/aromatic N) is 2. The van der Waals surface area contributed by atoms with E-state index in [1.165, 1.54) is 109 Å². The van der Waals surface area contributed by atoms with E-state index in [9.17, 15) is 57.9 Å². The molecule has 0 aliphatic rings. The summed E-state index contributed by atoms with van der Waals surface area (Å²) in [6.07, 6.45) is -19.4. The third kappa shape index (κ3) is 9.77. The van der Waals surface area contributed by atoms with Gasteiger partial charge in [0.1, 0.15) is 0 Å². The number of alkyl halides is 12. The summed E-state index contributed by atoms with van der Waals surface area (Å²) >= 11 is 0. The molecule has 390 valence electrons. The Balaban J connectivity index is 1.21. The minimum absolute atomic E-state index is 0.0258. The number of halogens is 12. The van der Waals surface area contributed by atoms with Crippen molar-refractivity contribution in [1.29, 1.82) is 5.26 Å². The van der Waals surface area contributed by atoms with Gasteiger partial charge in [-0.2, -0.15) is 57.9 Å². The molecule has 79 heavy (non-hydrogen) atoms. The quantitative estimate of drug-likeness (QED) is 0.139. The molecule has 0 radical (unpaired) electrons. The summed E-state index contributed by atoms with van der Waals surface area (Å²) in [6.45, 7) is 0. The topological polar surface area (TPSA) is 28.7 Å². The lowest BCUT2D eigenvalue weighted by atomic mass is 9.89. The van der Waals surface area contributed by atoms with Gasteiger partial charge >= 0.3 is 24.7 Å². The molecule has 0 saturated heterocycles. The zero-order valence-corrected chi connectivity index (χ0v) is 40.7. The van der Waals surface area contributed by atoms with Crippen molar-refractivity contribution in [2.45, 2.75) is 24.7 Å². The molecule has 0 amide bonds. The Labute approximate surface area is 443 Å². The van der Waals surface area contributed by atoms with Crippen LogP contribution in [0.5, 0.6) is 0 Å². The van der Waals surface area contributed by atoms with Crippen molar-refractivity contribution in [2.24, 2.45) is 0 Å². The molecule has 11 aromatic rings. The molecule has 10 aromatic carbocycles. The van der Waals surface area contributed by atoms with Gasteiger partial charge in [-0.3, -0.25) is 0 Å². The molecule has 0 spiro atoms. The largest absolute Gasteiger partial charge is 0.417 e. The van der Waals surface area contributed by atoms with Crippen molar-refractivity contribution in [3.05, 3.63) is 246 Å². The van der Waals surface area contributed by atoms with E-state index in [2.05, 4.69) is 6.07 Å². The Bertz CT molecular complexity index is 3850. The SMILES string of the molecule is N#Cc1ccccc1-c1ccccc1-n1c2ccc(-c3cc(-c4ccccc4C(F)(F)F)cc(-c4ccccc4C(F)(F)F)c3)cc2c2cc(-c3cc(-c4ccccc4C(F)(F)F)cc(-c4ccccc4C(F)(F)F)c3)ccc21. The molecule has 0 saturated carbocycles. The van der Waals surface area contributed by atoms with Crippen LogP contribution < -0.4 is 0 Å². The first-order chi connectivity index (χ1) is 37.7. The van der Waals surface area contributed by atoms with Crippen LogP contribution in [0.15, 0.2) is 218 Å². The summed E-state index contributed by atoms with van der Waals surface area (Å²) in [4.78, 5) is 0. The minimum Gasteiger partial charge on any atom is -0.309 e. The lowest BCUT2D eigenvalue weighted by molar-refractivity contribution is -0.137. The van der Waals surface area contributed by atoms with Crippen LogP contribution in [0, 0.1) is 11.3 Å². The first-order valence-corrected chi connectivity index (χ1v) is 24.3. The van der Waals surface area contributed by atoms with Crippen LogP contribution in [0.4, 0.5) is 52.7 Å². The Morgan fingerprint density at radius 1 is 0.278 bits per heavy atom. The summed E-state index contributed by atoms with van der Waals surface area (Å²) in [6, 6.07) is 54.2. The van der Waals surface area contributed by atoms with Crippen molar-refractivity contribution in [2.75, 3.05) is 0 Å². The van der Waals surface area contributed by atoms with E-state index in [0.717, 1.165) is 24.3 Å². The molecule has 2 nitrogen and oxygen atoms in total. The molecule has 0 aliphatic heterocycles. The second-order valence-corrected chi connectivity index (χ2v) is 18.7. The van der Waals surface area contributed by atoms with E-state index >= 15 is 0 Å². The summed E-state index contributed by atoms with van der Waals surface area (Å²) in [5.41, 5.74) is -0.766. The van der Waals surface area contributed by atoms with Crippen LogP contribution in [0.25, 0.3) is 105 Å². The van der Waals surface area contributed by atoms with E-state index in [0.29, 0.717) is 55.3 Å². The van der Waals surface area contributed by atoms with Crippen molar-refractivity contribution >= 4 is 21.8 Å². The fourth-order valence-electron chi connectivity index (χ4n) is 10.5. The second kappa shape index (κ2) is 19.6. The molecule has 0 aliphatic carbocycles. The number of hydrogen-bond donors (Lipinski definition) is 0. The number of rotatable bonds is 8. The van der Waals surface area contributed by atoms with Gasteiger partial charge in [0.2, 0.25) is 0 Å². The lowest BCUT2D eigenvalue weighted by Crippen LogP contribution is -2.08. The molecular formula is C65H36F12N2. The number of aromatic nitrogens is 1. The summed E-state index contributed by atoms with van der Waals surface area (Å²) in [7, 11) is 0. The highest BCUT2D eigenvalue weighted by molar-refractivity contribution is 6.12. The molecule has 11 rings (SSSR count). The predicted octanol–water partition coefficient (Wildman–Crippen LogP) is 20.4. The number of nitriles is 1. The van der Waals surface area contributed by atoms with Crippen LogP contribution in [-0.4, -0.2) is 4.57 Å². The predicted molar refractivity (Wildman–Crippen MR) is 284 cm³/mol. The molecule has 0 N–H and O–H groups in total. The Hall–Kier alpha value is -9.35. The third-order valence-corrected chi connectivity index (χ3v) is 14.0. The highest BCUT2D eigenvalue weighted by Gasteiger charge is 2.37. The Morgan fingerprint density at radius 2 is 0.570 bits per heavy atom. The zero-order valence-electron chi connectivity index (χ0n) is 40.7. The van der Waals surface area contributed by atoms with Gasteiger partial charge in [-0.15, -0.1) is 0 Å². The maximum atomic E-state index is 14.7. The molecular weight excluding hydrogens is 1040 g/mol. The van der Waals surface area contributed by atoms with E-state index in [1.807, 2.05) is 16.7 Å². The molecule has 1 heterocycles. The van der Waals surface area contributed by atoms with Crippen molar-refractivity contribution in [1.82, 2.24) is 4.57 Å². The zero-order chi connectivity index (χ0) is 55.6. The average Bonchev–Trinajstić information content (AvgIpc) is 3.96. The molecule has 0 atom stereocenters. The number of benzene rings is 10. The van der Waals surface area contributed by atoms with Gasteiger partial charge in [-0.05, 0) is 164 Å². The van der Waals surface area contributed by atoms with Crippen molar-refractivity contribution in [3.63, 3.8) is 0 Å². The maximum Gasteiger partial charge on any atom is 0.417 e. The summed E-state index contributed by atoms with van der Waals surface area (Å²) in [5, 5.41) is 11.2. The summed E-state index contributed by atoms with van der Waals surface area (Å²) < 4.78 is 178. The van der Waals surface area contributed by atoms with Gasteiger partial charge in [0, 0.05) is 21.9 Å². The lowest BCUT2D eigenvalue weighted by Gasteiger charge is -2.18. The van der Waals surface area contributed by atoms with E-state index < -0.39 is 47.0 Å². The van der Waals surface area contributed by atoms with Gasteiger partial charge in [0.25, 0.3) is 0 Å². The Morgan fingerprint density at radius 3 is 0.911 bits per heavy atom. The highest BCUT2D eigenvalue weighted by atomic mass is 19.4. The fourth-order valence-corrected chi connectivity index (χ4v) is 10.5. The van der Waals surface area contributed by atoms with Crippen molar-refractivity contribution < 1.29 is 52.7 Å². The standard InChI is InChI=1S/C65H36F12N2/c66-62(67,68)55-20-8-3-15-48(55)43-29-41(30-44(33-43)49-16-4-9-21-56(49)63(69,70)71)38-25-27-60-53(35-38)54-36-39(26-28-61(54)79(60)59-24-12-7-19-52(59)47-14-2-1-13-40(47)37-78)42-31-45(50-17-5-10-22-57(50)64(72,73)74)34-46(32-42)51-18-6-11-23-58(51)65(75,76)77/h1-36H. The second-order valence-electron chi connectivity index (χ2n) is 18.7. The number of para-hydroxylation sites is 1. The van der Waals surface area contributed by atoms with Crippen LogP contribution >= 0.6 is 0 Å². The minimum atomic E-state index is -4.84. The molecule has 0 bridgehead atoms. The molecule has 0 fully saturated rings. The van der Waals surface area contributed by atoms with Crippen LogP contribution in [-0.2, 0) is 24.7 Å². The monoisotopic (exact) mass is 1070 g/mol. The summed E-state index contributed by atoms with van der Waals surface area (Å²) in [5.74, 6) is 0. The van der Waals surface area contributed by atoms with Crippen molar-refractivity contribution in [3.8, 4) is 89.6 Å². The van der Waals surface area contributed by atoms with Gasteiger partial charge in [0.15, 0.2) is 0 Å². The first kappa shape index (κ1) is 51.7. The van der Waals surface area contributed by atoms with Gasteiger partial charge < -0.3 is 4.57 Å². The highest BCUT2D eigenvalue weighted by Crippen LogP contribution is 2.47. The first-order valence-electron chi connectivity index (χ1n) is 24.3. The van der Waals surface area contributed by atoms with Crippen LogP contribution in [0.3, 0.4) is 0 Å². The van der Waals surface area contributed by atoms with Gasteiger partial charge in [-0.1, -0.05) is 121 Å². The van der Waals surface area contributed by atoms with Gasteiger partial charge in [0.05, 0.1) is 50.6 Å². The average molecular weight is 1070 g/mol. The smallest absolute Gasteiger partial charge is 0.309 e. The van der Waals surface area contributed by atoms with E-state index in [-0.39, 0.29) is 55.6 Å². The van der Waals surface area contributed by atoms with Crippen LogP contribution in [0.2, 0.25) is 0 Å². The van der Waals surface area contributed by atoms with E-state index in [4.69, 9.17) is 0 Å². The number of fused-ring (bicyclic) bond motifs is 3. The third-order valence-electron chi connectivity index (χ3n) is 14.0. The fraction of sp³-hybridized carbons (Fsp3) is 0.0615. The maximum absolute atomic E-state index is 14.7. The molecule has 0 unspecified atom stereocenters. The number of hydrogen-bond acceptors (Lipinski definition) is 1. The van der Waals surface area contributed by atoms with E-state index in [1.54, 1.807) is 72.8 Å². The Kier molecular flexibility index (Phi) is 12.8. The normalized spacial score (nSPS) is 12.3. The molecule has 1 aromatic heterocycles. The van der Waals surface area contributed by atoms with Gasteiger partial charge in [-0.25, -0.2) is 0 Å².